The second kappa shape index (κ2) is 6.16. The van der Waals surface area contributed by atoms with Crippen molar-refractivity contribution in [3.05, 3.63) is 35.7 Å². The van der Waals surface area contributed by atoms with Crippen molar-refractivity contribution in [2.45, 2.75) is 13.5 Å². The predicted octanol–water partition coefficient (Wildman–Crippen LogP) is 0.159. The number of carbonyl (C=O) groups is 1. The number of aryl methyl sites for hydroxylation is 1. The number of aromatic nitrogens is 3. The van der Waals surface area contributed by atoms with E-state index in [1.54, 1.807) is 18.0 Å². The molecule has 2 aromatic rings. The van der Waals surface area contributed by atoms with Crippen LogP contribution < -0.4 is 15.8 Å². The van der Waals surface area contributed by atoms with E-state index in [2.05, 4.69) is 15.6 Å². The van der Waals surface area contributed by atoms with Crippen LogP contribution in [0.1, 0.15) is 11.3 Å². The highest BCUT2D eigenvalue weighted by Crippen LogP contribution is 2.20. The largest absolute Gasteiger partial charge is 0.496 e. The summed E-state index contributed by atoms with van der Waals surface area (Å²) in [5.74, 6) is 0.601. The standard InChI is InChI=1S/C13H17N5O2/c1-9-5-11(3-4-12(9)20-2)18-8-10(16-17-18)7-15-13(19)6-14/h3-5,8H,6-7,14H2,1-2H3,(H,15,19). The number of ether oxygens (including phenoxy) is 1. The second-order valence-corrected chi connectivity index (χ2v) is 4.29. The van der Waals surface area contributed by atoms with Crippen LogP contribution in [-0.2, 0) is 11.3 Å². The van der Waals surface area contributed by atoms with E-state index in [0.29, 0.717) is 12.2 Å². The Bertz CT molecular complexity index is 609. The zero-order valence-electron chi connectivity index (χ0n) is 11.5. The maximum Gasteiger partial charge on any atom is 0.234 e. The Labute approximate surface area is 116 Å². The first kappa shape index (κ1) is 14.0. The van der Waals surface area contributed by atoms with Gasteiger partial charge in [0.1, 0.15) is 11.4 Å². The van der Waals surface area contributed by atoms with Gasteiger partial charge in [-0.1, -0.05) is 5.21 Å². The van der Waals surface area contributed by atoms with E-state index in [9.17, 15) is 4.79 Å². The van der Waals surface area contributed by atoms with E-state index in [1.807, 2.05) is 25.1 Å². The SMILES string of the molecule is COc1ccc(-n2cc(CNC(=O)CN)nn2)cc1C. The minimum absolute atomic E-state index is 0.0359. The fraction of sp³-hybridized carbons (Fsp3) is 0.308. The molecule has 0 aliphatic heterocycles. The van der Waals surface area contributed by atoms with Gasteiger partial charge in [0.05, 0.1) is 32.1 Å². The summed E-state index contributed by atoms with van der Waals surface area (Å²) < 4.78 is 6.86. The van der Waals surface area contributed by atoms with Gasteiger partial charge in [0, 0.05) is 0 Å². The molecule has 2 rings (SSSR count). The molecule has 0 radical (unpaired) electrons. The van der Waals surface area contributed by atoms with Crippen LogP contribution in [-0.4, -0.2) is 34.6 Å². The van der Waals surface area contributed by atoms with Crippen LogP contribution in [0.2, 0.25) is 0 Å². The molecule has 0 spiro atoms. The maximum absolute atomic E-state index is 11.1. The van der Waals surface area contributed by atoms with Gasteiger partial charge in [-0.3, -0.25) is 4.79 Å². The van der Waals surface area contributed by atoms with Crippen molar-refractivity contribution in [1.82, 2.24) is 20.3 Å². The van der Waals surface area contributed by atoms with Crippen molar-refractivity contribution in [1.29, 1.82) is 0 Å². The monoisotopic (exact) mass is 275 g/mol. The molecule has 1 amide bonds. The lowest BCUT2D eigenvalue weighted by Crippen LogP contribution is -2.29. The Kier molecular flexibility index (Phi) is 4.31. The Morgan fingerprint density at radius 2 is 2.30 bits per heavy atom. The first-order valence-electron chi connectivity index (χ1n) is 6.17. The number of methoxy groups -OCH3 is 1. The number of carbonyl (C=O) groups excluding carboxylic acids is 1. The van der Waals surface area contributed by atoms with Gasteiger partial charge in [0.2, 0.25) is 5.91 Å². The molecule has 0 bridgehead atoms. The number of nitrogens with two attached hydrogens (primary N) is 1. The lowest BCUT2D eigenvalue weighted by atomic mass is 10.2. The fourth-order valence-corrected chi connectivity index (χ4v) is 1.77. The second-order valence-electron chi connectivity index (χ2n) is 4.29. The summed E-state index contributed by atoms with van der Waals surface area (Å²) in [5, 5.41) is 10.7. The van der Waals surface area contributed by atoms with Crippen LogP contribution in [0.25, 0.3) is 5.69 Å². The summed E-state index contributed by atoms with van der Waals surface area (Å²) in [5.41, 5.74) is 7.77. The van der Waals surface area contributed by atoms with Gasteiger partial charge in [-0.05, 0) is 30.7 Å². The minimum Gasteiger partial charge on any atom is -0.496 e. The predicted molar refractivity (Wildman–Crippen MR) is 73.5 cm³/mol. The molecular formula is C13H17N5O2. The topological polar surface area (TPSA) is 95.1 Å². The van der Waals surface area contributed by atoms with Gasteiger partial charge in [0.15, 0.2) is 0 Å². The van der Waals surface area contributed by atoms with Gasteiger partial charge in [-0.2, -0.15) is 0 Å². The third-order valence-corrected chi connectivity index (χ3v) is 2.84. The molecule has 1 aromatic carbocycles. The molecule has 20 heavy (non-hydrogen) atoms. The van der Waals surface area contributed by atoms with E-state index >= 15 is 0 Å². The molecule has 0 unspecified atom stereocenters. The maximum atomic E-state index is 11.1. The molecule has 0 fully saturated rings. The number of nitrogens with one attached hydrogen (secondary N) is 1. The summed E-state index contributed by atoms with van der Waals surface area (Å²) >= 11 is 0. The van der Waals surface area contributed by atoms with Crippen molar-refractivity contribution in [3.63, 3.8) is 0 Å². The van der Waals surface area contributed by atoms with Crippen LogP contribution in [0.4, 0.5) is 0 Å². The van der Waals surface area contributed by atoms with E-state index in [-0.39, 0.29) is 12.5 Å². The number of amides is 1. The zero-order chi connectivity index (χ0) is 14.5. The molecule has 1 aromatic heterocycles. The number of rotatable bonds is 5. The Hall–Kier alpha value is -2.41. The molecule has 0 atom stereocenters. The highest BCUT2D eigenvalue weighted by atomic mass is 16.5. The van der Waals surface area contributed by atoms with Gasteiger partial charge in [0.25, 0.3) is 0 Å². The molecule has 3 N–H and O–H groups in total. The molecule has 0 aliphatic carbocycles. The molecule has 0 saturated carbocycles. The number of hydrogen-bond acceptors (Lipinski definition) is 5. The quantitative estimate of drug-likeness (QED) is 0.810. The Morgan fingerprint density at radius 1 is 1.50 bits per heavy atom. The summed E-state index contributed by atoms with van der Waals surface area (Å²) in [6.07, 6.45) is 1.76. The third kappa shape index (κ3) is 3.12. The van der Waals surface area contributed by atoms with E-state index in [4.69, 9.17) is 10.5 Å². The van der Waals surface area contributed by atoms with Crippen molar-refractivity contribution in [2.75, 3.05) is 13.7 Å². The molecule has 7 nitrogen and oxygen atoms in total. The fourth-order valence-electron chi connectivity index (χ4n) is 1.77. The normalized spacial score (nSPS) is 10.3. The van der Waals surface area contributed by atoms with E-state index in [0.717, 1.165) is 17.0 Å². The van der Waals surface area contributed by atoms with E-state index in [1.165, 1.54) is 0 Å². The van der Waals surface area contributed by atoms with Crippen molar-refractivity contribution in [3.8, 4) is 11.4 Å². The zero-order valence-corrected chi connectivity index (χ0v) is 11.5. The summed E-state index contributed by atoms with van der Waals surface area (Å²) in [6, 6.07) is 5.72. The highest BCUT2D eigenvalue weighted by molar-refractivity contribution is 5.77. The lowest BCUT2D eigenvalue weighted by Gasteiger charge is -2.06. The molecule has 0 saturated heterocycles. The first-order valence-corrected chi connectivity index (χ1v) is 6.17. The Morgan fingerprint density at radius 3 is 2.95 bits per heavy atom. The molecule has 1 heterocycles. The van der Waals surface area contributed by atoms with Crippen molar-refractivity contribution in [2.24, 2.45) is 5.73 Å². The van der Waals surface area contributed by atoms with Crippen LogP contribution >= 0.6 is 0 Å². The third-order valence-electron chi connectivity index (χ3n) is 2.84. The van der Waals surface area contributed by atoms with E-state index < -0.39 is 0 Å². The number of nitrogens with zero attached hydrogens (tertiary/aromatic N) is 3. The van der Waals surface area contributed by atoms with Crippen LogP contribution in [0.3, 0.4) is 0 Å². The van der Waals surface area contributed by atoms with Crippen LogP contribution in [0.15, 0.2) is 24.4 Å². The molecule has 7 heteroatoms. The summed E-state index contributed by atoms with van der Waals surface area (Å²) in [7, 11) is 1.63. The average Bonchev–Trinajstić information content (AvgIpc) is 2.93. The van der Waals surface area contributed by atoms with Gasteiger partial charge >= 0.3 is 0 Å². The van der Waals surface area contributed by atoms with Gasteiger partial charge < -0.3 is 15.8 Å². The van der Waals surface area contributed by atoms with Crippen molar-refractivity contribution >= 4 is 5.91 Å². The van der Waals surface area contributed by atoms with Crippen LogP contribution in [0.5, 0.6) is 5.75 Å². The smallest absolute Gasteiger partial charge is 0.234 e. The Balaban J connectivity index is 2.12. The number of benzene rings is 1. The van der Waals surface area contributed by atoms with Gasteiger partial charge in [-0.15, -0.1) is 5.10 Å². The summed E-state index contributed by atoms with van der Waals surface area (Å²) in [6.45, 7) is 2.23. The van der Waals surface area contributed by atoms with Crippen LogP contribution in [0, 0.1) is 6.92 Å². The highest BCUT2D eigenvalue weighted by Gasteiger charge is 2.06. The van der Waals surface area contributed by atoms with Gasteiger partial charge in [-0.25, -0.2) is 4.68 Å². The minimum atomic E-state index is -0.222. The lowest BCUT2D eigenvalue weighted by molar-refractivity contribution is -0.119. The average molecular weight is 275 g/mol. The summed E-state index contributed by atoms with van der Waals surface area (Å²) in [4.78, 5) is 11.1. The number of hydrogen-bond donors (Lipinski definition) is 2. The molecule has 106 valence electrons. The molecule has 0 aliphatic rings. The first-order chi connectivity index (χ1) is 9.63. The van der Waals surface area contributed by atoms with Crippen molar-refractivity contribution < 1.29 is 9.53 Å². The molecular weight excluding hydrogens is 258 g/mol.